The number of rotatable bonds is 9. The Hall–Kier alpha value is -3.59. The monoisotopic (exact) mass is 440 g/mol. The van der Waals surface area contributed by atoms with Crippen molar-refractivity contribution in [3.8, 4) is 5.75 Å². The largest absolute Gasteiger partial charge is 0.497 e. The van der Waals surface area contributed by atoms with Gasteiger partial charge in [-0.05, 0) is 49.9 Å². The molecule has 0 radical (unpaired) electrons. The summed E-state index contributed by atoms with van der Waals surface area (Å²) in [5, 5.41) is 12.7. The number of benzene rings is 1. The van der Waals surface area contributed by atoms with Gasteiger partial charge in [-0.1, -0.05) is 13.8 Å². The Labute approximate surface area is 186 Å². The number of ether oxygens (including phenoxy) is 1. The summed E-state index contributed by atoms with van der Waals surface area (Å²) in [6.07, 6.45) is 0.991. The molecule has 0 saturated heterocycles. The molecule has 1 aliphatic heterocycles. The molecule has 1 aromatic carbocycles. The summed E-state index contributed by atoms with van der Waals surface area (Å²) in [4.78, 5) is 38.7. The molecule has 1 aromatic heterocycles. The number of amides is 2. The van der Waals surface area contributed by atoms with Crippen LogP contribution in [0.25, 0.3) is 11.6 Å². The predicted molar refractivity (Wildman–Crippen MR) is 121 cm³/mol. The molecule has 0 aliphatic carbocycles. The maximum Gasteiger partial charge on any atom is 0.352 e. The second kappa shape index (κ2) is 9.27. The van der Waals surface area contributed by atoms with E-state index < -0.39 is 18.0 Å². The number of carboxylic acid groups (broad SMARTS) is 1. The van der Waals surface area contributed by atoms with Gasteiger partial charge in [0, 0.05) is 17.3 Å². The molecule has 1 unspecified atom stereocenters. The van der Waals surface area contributed by atoms with Gasteiger partial charge in [0.2, 0.25) is 5.91 Å². The molecule has 4 N–H and O–H groups in total. The molecule has 2 amide bonds. The number of hydrogen-bond donors (Lipinski definition) is 3. The predicted octanol–water partition coefficient (Wildman–Crippen LogP) is 2.71. The van der Waals surface area contributed by atoms with Crippen LogP contribution < -0.4 is 15.8 Å². The molecule has 2 aromatic rings. The summed E-state index contributed by atoms with van der Waals surface area (Å²) in [5.41, 5.74) is 8.31. The molecule has 0 saturated carbocycles. The third-order valence-electron chi connectivity index (χ3n) is 5.68. The fourth-order valence-corrected chi connectivity index (χ4v) is 4.18. The first kappa shape index (κ1) is 23.1. The number of carboxylic acids is 1. The summed E-state index contributed by atoms with van der Waals surface area (Å²) >= 11 is 0. The summed E-state index contributed by atoms with van der Waals surface area (Å²) < 4.78 is 6.82. The van der Waals surface area contributed by atoms with Gasteiger partial charge in [-0.2, -0.15) is 0 Å². The molecule has 32 heavy (non-hydrogen) atoms. The molecule has 2 heterocycles. The second-order valence-electron chi connectivity index (χ2n) is 7.57. The lowest BCUT2D eigenvalue weighted by Gasteiger charge is -2.32. The van der Waals surface area contributed by atoms with Crippen LogP contribution in [0.15, 0.2) is 24.3 Å². The number of aryl methyl sites for hydroxylation is 1. The van der Waals surface area contributed by atoms with Crippen LogP contribution in [0.2, 0.25) is 0 Å². The third kappa shape index (κ3) is 4.24. The van der Waals surface area contributed by atoms with E-state index in [-0.39, 0.29) is 18.0 Å². The van der Waals surface area contributed by atoms with Crippen molar-refractivity contribution in [2.45, 2.75) is 33.4 Å². The van der Waals surface area contributed by atoms with E-state index in [0.29, 0.717) is 46.9 Å². The van der Waals surface area contributed by atoms with Gasteiger partial charge in [-0.25, -0.2) is 4.79 Å². The van der Waals surface area contributed by atoms with Crippen molar-refractivity contribution in [1.82, 2.24) is 9.47 Å². The summed E-state index contributed by atoms with van der Waals surface area (Å²) in [7, 11) is 1.55. The third-order valence-corrected chi connectivity index (χ3v) is 5.68. The number of anilines is 1. The van der Waals surface area contributed by atoms with E-state index in [2.05, 4.69) is 5.32 Å². The minimum atomic E-state index is -1.12. The van der Waals surface area contributed by atoms with Crippen LogP contribution >= 0.6 is 0 Å². The van der Waals surface area contributed by atoms with Crippen molar-refractivity contribution in [2.75, 3.05) is 25.5 Å². The first-order valence-electron chi connectivity index (χ1n) is 10.4. The van der Waals surface area contributed by atoms with E-state index in [1.54, 1.807) is 48.9 Å². The maximum absolute atomic E-state index is 12.7. The zero-order valence-corrected chi connectivity index (χ0v) is 18.6. The normalized spacial score (nSPS) is 15.0. The summed E-state index contributed by atoms with van der Waals surface area (Å²) in [5.74, 6) is -1.35. The highest BCUT2D eigenvalue weighted by Gasteiger charge is 2.30. The Morgan fingerprint density at radius 2 is 1.97 bits per heavy atom. The van der Waals surface area contributed by atoms with Crippen LogP contribution in [0.5, 0.6) is 5.75 Å². The number of nitrogens with one attached hydrogen (secondary N) is 1. The lowest BCUT2D eigenvalue weighted by Crippen LogP contribution is -2.37. The van der Waals surface area contributed by atoms with Gasteiger partial charge >= 0.3 is 5.97 Å². The molecule has 0 spiro atoms. The van der Waals surface area contributed by atoms with E-state index in [0.717, 1.165) is 0 Å². The maximum atomic E-state index is 12.7. The molecule has 9 heteroatoms. The standard InChI is InChI=1S/C23H28N4O5/c1-5-26(6-2)20(12-19(24)28)27-14(9-13(3)21(27)23(30)31)10-17-16-8-7-15(32-4)11-18(16)25-22(17)29/h7-11,20H,5-6,12H2,1-4H3,(H2,24,28)(H,25,29)(H,30,31). The Bertz CT molecular complexity index is 1100. The summed E-state index contributed by atoms with van der Waals surface area (Å²) in [6, 6.07) is 6.97. The Morgan fingerprint density at radius 3 is 2.53 bits per heavy atom. The van der Waals surface area contributed by atoms with Crippen LogP contribution in [0.4, 0.5) is 5.69 Å². The minimum absolute atomic E-state index is 0.0587. The van der Waals surface area contributed by atoms with Crippen molar-refractivity contribution < 1.29 is 24.2 Å². The molecule has 0 fully saturated rings. The lowest BCUT2D eigenvalue weighted by molar-refractivity contribution is -0.120. The lowest BCUT2D eigenvalue weighted by atomic mass is 10.1. The molecular weight excluding hydrogens is 412 g/mol. The Kier molecular flexibility index (Phi) is 6.69. The van der Waals surface area contributed by atoms with E-state index in [4.69, 9.17) is 10.5 Å². The number of fused-ring (bicyclic) bond motifs is 1. The first-order valence-corrected chi connectivity index (χ1v) is 10.4. The number of methoxy groups -OCH3 is 1. The van der Waals surface area contributed by atoms with Gasteiger partial charge in [0.1, 0.15) is 11.4 Å². The van der Waals surface area contributed by atoms with Crippen molar-refractivity contribution in [2.24, 2.45) is 5.73 Å². The van der Waals surface area contributed by atoms with Crippen LogP contribution in [0.1, 0.15) is 53.7 Å². The smallest absolute Gasteiger partial charge is 0.352 e. The van der Waals surface area contributed by atoms with Crippen LogP contribution in [-0.2, 0) is 9.59 Å². The van der Waals surface area contributed by atoms with Gasteiger partial charge in [0.15, 0.2) is 0 Å². The highest BCUT2D eigenvalue weighted by molar-refractivity contribution is 6.35. The SMILES string of the molecule is CCN(CC)C(CC(N)=O)n1c(C=C2C(=O)Nc3cc(OC)ccc32)cc(C)c1C(=O)O. The molecule has 0 bridgehead atoms. The molecule has 3 rings (SSSR count). The Morgan fingerprint density at radius 1 is 1.28 bits per heavy atom. The zero-order valence-electron chi connectivity index (χ0n) is 18.6. The highest BCUT2D eigenvalue weighted by atomic mass is 16.5. The molecular formula is C23H28N4O5. The van der Waals surface area contributed by atoms with Crippen LogP contribution in [0, 0.1) is 6.92 Å². The number of primary amides is 1. The minimum Gasteiger partial charge on any atom is -0.497 e. The number of hydrogen-bond acceptors (Lipinski definition) is 5. The number of carbonyl (C=O) groups is 3. The van der Waals surface area contributed by atoms with E-state index in [1.165, 1.54) is 0 Å². The first-order chi connectivity index (χ1) is 15.2. The molecule has 1 atom stereocenters. The number of aromatic carboxylic acids is 1. The van der Waals surface area contributed by atoms with Crippen molar-refractivity contribution in [1.29, 1.82) is 0 Å². The van der Waals surface area contributed by atoms with Gasteiger partial charge in [0.25, 0.3) is 5.91 Å². The second-order valence-corrected chi connectivity index (χ2v) is 7.57. The van der Waals surface area contributed by atoms with Gasteiger partial charge in [0.05, 0.1) is 31.0 Å². The number of aromatic nitrogens is 1. The molecule has 170 valence electrons. The van der Waals surface area contributed by atoms with E-state index in [1.807, 2.05) is 18.7 Å². The van der Waals surface area contributed by atoms with Crippen LogP contribution in [0.3, 0.4) is 0 Å². The average Bonchev–Trinajstić information content (AvgIpc) is 3.23. The topological polar surface area (TPSA) is 127 Å². The number of nitrogens with two attached hydrogens (primary N) is 1. The highest BCUT2D eigenvalue weighted by Crippen LogP contribution is 2.37. The van der Waals surface area contributed by atoms with Crippen molar-refractivity contribution in [3.63, 3.8) is 0 Å². The average molecular weight is 441 g/mol. The van der Waals surface area contributed by atoms with E-state index in [9.17, 15) is 19.5 Å². The van der Waals surface area contributed by atoms with Crippen molar-refractivity contribution >= 4 is 35.1 Å². The number of carbonyl (C=O) groups excluding carboxylic acids is 2. The van der Waals surface area contributed by atoms with Crippen LogP contribution in [-0.4, -0.2) is 52.6 Å². The molecule has 1 aliphatic rings. The molecule has 9 nitrogen and oxygen atoms in total. The van der Waals surface area contributed by atoms with Gasteiger partial charge in [-0.15, -0.1) is 0 Å². The fraction of sp³-hybridized carbons (Fsp3) is 0.348. The Balaban J connectivity index is 2.22. The zero-order chi connectivity index (χ0) is 23.6. The van der Waals surface area contributed by atoms with Gasteiger partial charge in [-0.3, -0.25) is 14.5 Å². The quantitative estimate of drug-likeness (QED) is 0.515. The van der Waals surface area contributed by atoms with Crippen molar-refractivity contribution in [3.05, 3.63) is 46.8 Å². The fourth-order valence-electron chi connectivity index (χ4n) is 4.18. The van der Waals surface area contributed by atoms with E-state index >= 15 is 0 Å². The van der Waals surface area contributed by atoms with Gasteiger partial charge < -0.3 is 25.5 Å². The summed E-state index contributed by atoms with van der Waals surface area (Å²) in [6.45, 7) is 6.73. The number of nitrogens with zero attached hydrogens (tertiary/aromatic N) is 2.